The number of nitrogens with one attached hydrogen (secondary N) is 1. The number of hydrogen-bond acceptors (Lipinski definition) is 4. The molecule has 1 atom stereocenters. The molecule has 1 amide bonds. The standard InChI is InChI=1S/C18H21N3O3/c1-20-9-7-12-10-13(5-6-15(12)20)16(22)11-19-17(23)14-4-3-8-21(2)18(14)24/h3-6,8,10,16,22H,7,9,11H2,1-2H3,(H,19,23)/t16-/m1/s1. The van der Waals surface area contributed by atoms with Crippen molar-refractivity contribution in [2.75, 3.05) is 25.0 Å². The molecule has 2 heterocycles. The van der Waals surface area contributed by atoms with E-state index in [-0.39, 0.29) is 17.7 Å². The van der Waals surface area contributed by atoms with Crippen LogP contribution in [-0.4, -0.2) is 35.7 Å². The van der Waals surface area contributed by atoms with E-state index in [1.54, 1.807) is 19.3 Å². The van der Waals surface area contributed by atoms with Crippen molar-refractivity contribution in [1.29, 1.82) is 0 Å². The summed E-state index contributed by atoms with van der Waals surface area (Å²) < 4.78 is 1.35. The number of aryl methyl sites for hydroxylation is 1. The van der Waals surface area contributed by atoms with Crippen LogP contribution < -0.4 is 15.8 Å². The van der Waals surface area contributed by atoms with Crippen LogP contribution in [0.2, 0.25) is 0 Å². The second-order valence-corrected chi connectivity index (χ2v) is 6.12. The van der Waals surface area contributed by atoms with Crippen LogP contribution in [0.4, 0.5) is 5.69 Å². The lowest BCUT2D eigenvalue weighted by Gasteiger charge is -2.15. The quantitative estimate of drug-likeness (QED) is 0.873. The Morgan fingerprint density at radius 3 is 2.92 bits per heavy atom. The molecule has 0 spiro atoms. The van der Waals surface area contributed by atoms with Crippen molar-refractivity contribution in [2.45, 2.75) is 12.5 Å². The zero-order chi connectivity index (χ0) is 17.3. The van der Waals surface area contributed by atoms with Crippen molar-refractivity contribution >= 4 is 11.6 Å². The monoisotopic (exact) mass is 327 g/mol. The number of fused-ring (bicyclic) bond motifs is 1. The minimum atomic E-state index is -0.808. The van der Waals surface area contributed by atoms with E-state index in [0.717, 1.165) is 18.5 Å². The molecule has 24 heavy (non-hydrogen) atoms. The van der Waals surface area contributed by atoms with Gasteiger partial charge in [0, 0.05) is 39.1 Å². The first-order valence-electron chi connectivity index (χ1n) is 7.93. The van der Waals surface area contributed by atoms with Gasteiger partial charge in [0.25, 0.3) is 11.5 Å². The van der Waals surface area contributed by atoms with E-state index >= 15 is 0 Å². The number of aromatic nitrogens is 1. The summed E-state index contributed by atoms with van der Waals surface area (Å²) >= 11 is 0. The van der Waals surface area contributed by atoms with Crippen LogP contribution in [0.25, 0.3) is 0 Å². The summed E-state index contributed by atoms with van der Waals surface area (Å²) in [5.74, 6) is -0.476. The van der Waals surface area contributed by atoms with Gasteiger partial charge in [-0.1, -0.05) is 12.1 Å². The number of carbonyl (C=O) groups excluding carboxylic acids is 1. The number of hydrogen-bond donors (Lipinski definition) is 2. The van der Waals surface area contributed by atoms with Gasteiger partial charge in [0.05, 0.1) is 6.10 Å². The summed E-state index contributed by atoms with van der Waals surface area (Å²) in [5, 5.41) is 13.0. The van der Waals surface area contributed by atoms with Gasteiger partial charge in [0.1, 0.15) is 5.56 Å². The molecule has 6 heteroatoms. The first-order valence-corrected chi connectivity index (χ1v) is 7.93. The molecule has 0 saturated carbocycles. The van der Waals surface area contributed by atoms with Crippen molar-refractivity contribution in [3.05, 3.63) is 63.6 Å². The molecule has 0 bridgehead atoms. The largest absolute Gasteiger partial charge is 0.387 e. The van der Waals surface area contributed by atoms with E-state index in [1.807, 2.05) is 25.2 Å². The number of aliphatic hydroxyl groups is 1. The Labute approximate surface area is 140 Å². The zero-order valence-electron chi connectivity index (χ0n) is 13.8. The Kier molecular flexibility index (Phi) is 4.40. The summed E-state index contributed by atoms with van der Waals surface area (Å²) in [6, 6.07) is 8.98. The van der Waals surface area contributed by atoms with Gasteiger partial charge in [-0.15, -0.1) is 0 Å². The molecule has 1 aromatic carbocycles. The highest BCUT2D eigenvalue weighted by Gasteiger charge is 2.19. The molecule has 1 aliphatic heterocycles. The molecule has 0 fully saturated rings. The summed E-state index contributed by atoms with van der Waals surface area (Å²) in [6.07, 6.45) is 1.74. The third-order valence-corrected chi connectivity index (χ3v) is 4.44. The second-order valence-electron chi connectivity index (χ2n) is 6.12. The molecule has 0 unspecified atom stereocenters. The second kappa shape index (κ2) is 6.49. The average Bonchev–Trinajstić information content (AvgIpc) is 2.95. The highest BCUT2D eigenvalue weighted by Crippen LogP contribution is 2.29. The first kappa shape index (κ1) is 16.3. The van der Waals surface area contributed by atoms with Gasteiger partial charge in [-0.25, -0.2) is 0 Å². The van der Waals surface area contributed by atoms with Crippen LogP contribution >= 0.6 is 0 Å². The van der Waals surface area contributed by atoms with Crippen molar-refractivity contribution in [3.8, 4) is 0 Å². The Morgan fingerprint density at radius 1 is 1.33 bits per heavy atom. The van der Waals surface area contributed by atoms with Gasteiger partial charge in [-0.2, -0.15) is 0 Å². The van der Waals surface area contributed by atoms with Crippen LogP contribution in [0.1, 0.15) is 27.6 Å². The summed E-state index contributed by atoms with van der Waals surface area (Å²) in [7, 11) is 3.64. The number of amides is 1. The fraction of sp³-hybridized carbons (Fsp3) is 0.333. The van der Waals surface area contributed by atoms with Gasteiger partial charge >= 0.3 is 0 Å². The molecule has 3 rings (SSSR count). The molecule has 1 aromatic heterocycles. The predicted molar refractivity (Wildman–Crippen MR) is 92.4 cm³/mol. The zero-order valence-corrected chi connectivity index (χ0v) is 13.8. The van der Waals surface area contributed by atoms with E-state index < -0.39 is 12.0 Å². The molecule has 2 N–H and O–H groups in total. The Balaban J connectivity index is 1.67. The van der Waals surface area contributed by atoms with E-state index in [2.05, 4.69) is 10.2 Å². The van der Waals surface area contributed by atoms with Crippen molar-refractivity contribution in [2.24, 2.45) is 7.05 Å². The molecular formula is C18H21N3O3. The average molecular weight is 327 g/mol. The van der Waals surface area contributed by atoms with Crippen molar-refractivity contribution in [3.63, 3.8) is 0 Å². The van der Waals surface area contributed by atoms with E-state index in [4.69, 9.17) is 0 Å². The highest BCUT2D eigenvalue weighted by atomic mass is 16.3. The maximum absolute atomic E-state index is 12.1. The molecule has 2 aromatic rings. The smallest absolute Gasteiger partial charge is 0.263 e. The number of pyridine rings is 1. The molecule has 0 radical (unpaired) electrons. The summed E-state index contributed by atoms with van der Waals surface area (Å²) in [5.41, 5.74) is 2.87. The molecule has 126 valence electrons. The molecule has 0 aliphatic carbocycles. The number of likely N-dealkylation sites (N-methyl/N-ethyl adjacent to an activating group) is 1. The van der Waals surface area contributed by atoms with Gasteiger partial charge in [0.2, 0.25) is 0 Å². The minimum Gasteiger partial charge on any atom is -0.387 e. The van der Waals surface area contributed by atoms with Crippen LogP contribution in [0.5, 0.6) is 0 Å². The number of carbonyl (C=O) groups is 1. The van der Waals surface area contributed by atoms with E-state index in [0.29, 0.717) is 0 Å². The third-order valence-electron chi connectivity index (χ3n) is 4.44. The molecular weight excluding hydrogens is 306 g/mol. The van der Waals surface area contributed by atoms with Gasteiger partial charge in [0.15, 0.2) is 0 Å². The number of benzene rings is 1. The normalized spacial score (nSPS) is 14.4. The lowest BCUT2D eigenvalue weighted by Crippen LogP contribution is -2.34. The number of aliphatic hydroxyl groups excluding tert-OH is 1. The Bertz CT molecular complexity index is 828. The summed E-state index contributed by atoms with van der Waals surface area (Å²) in [6.45, 7) is 1.04. The van der Waals surface area contributed by atoms with Crippen LogP contribution in [0, 0.1) is 0 Å². The number of nitrogens with zero attached hydrogens (tertiary/aromatic N) is 2. The lowest BCUT2D eigenvalue weighted by molar-refractivity contribution is 0.0914. The van der Waals surface area contributed by atoms with Gasteiger partial charge < -0.3 is 19.9 Å². The topological polar surface area (TPSA) is 74.6 Å². The van der Waals surface area contributed by atoms with Crippen LogP contribution in [-0.2, 0) is 13.5 Å². The maximum atomic E-state index is 12.1. The Morgan fingerprint density at radius 2 is 2.12 bits per heavy atom. The van der Waals surface area contributed by atoms with E-state index in [9.17, 15) is 14.7 Å². The van der Waals surface area contributed by atoms with E-state index in [1.165, 1.54) is 21.9 Å². The van der Waals surface area contributed by atoms with Gasteiger partial charge in [-0.05, 0) is 35.7 Å². The molecule has 0 saturated heterocycles. The third kappa shape index (κ3) is 3.05. The van der Waals surface area contributed by atoms with Crippen LogP contribution in [0.3, 0.4) is 0 Å². The fourth-order valence-electron chi connectivity index (χ4n) is 2.97. The van der Waals surface area contributed by atoms with Gasteiger partial charge in [-0.3, -0.25) is 9.59 Å². The minimum absolute atomic E-state index is 0.0610. The van der Waals surface area contributed by atoms with Crippen molar-refractivity contribution < 1.29 is 9.90 Å². The summed E-state index contributed by atoms with van der Waals surface area (Å²) in [4.78, 5) is 26.2. The highest BCUT2D eigenvalue weighted by molar-refractivity contribution is 5.93. The molecule has 6 nitrogen and oxygen atoms in total. The number of anilines is 1. The fourth-order valence-corrected chi connectivity index (χ4v) is 2.97. The SMILES string of the molecule is CN1CCc2cc([C@H](O)CNC(=O)c3cccn(C)c3=O)ccc21. The van der Waals surface area contributed by atoms with Crippen LogP contribution in [0.15, 0.2) is 41.3 Å². The maximum Gasteiger partial charge on any atom is 0.263 e. The Hall–Kier alpha value is -2.60. The predicted octanol–water partition coefficient (Wildman–Crippen LogP) is 0.841. The van der Waals surface area contributed by atoms with Crippen molar-refractivity contribution in [1.82, 2.24) is 9.88 Å². The number of rotatable bonds is 4. The first-order chi connectivity index (χ1) is 11.5. The molecule has 1 aliphatic rings. The lowest BCUT2D eigenvalue weighted by atomic mass is 10.0.